The zero-order chi connectivity index (χ0) is 12.6. The van der Waals surface area contributed by atoms with E-state index in [4.69, 9.17) is 0 Å². The van der Waals surface area contributed by atoms with Crippen molar-refractivity contribution in [2.24, 2.45) is 0 Å². The summed E-state index contributed by atoms with van der Waals surface area (Å²) < 4.78 is 0. The van der Waals surface area contributed by atoms with Crippen molar-refractivity contribution < 1.29 is 0 Å². The Balaban J connectivity index is 2.37. The Labute approximate surface area is 106 Å². The molecule has 0 spiro atoms. The van der Waals surface area contributed by atoms with Gasteiger partial charge in [-0.1, -0.05) is 6.08 Å². The molecule has 0 saturated carbocycles. The molecular formula is C15H26N2. The first-order valence-corrected chi connectivity index (χ1v) is 6.85. The van der Waals surface area contributed by atoms with Crippen molar-refractivity contribution in [2.45, 2.75) is 59.0 Å². The Morgan fingerprint density at radius 3 is 2.47 bits per heavy atom. The van der Waals surface area contributed by atoms with E-state index in [0.29, 0.717) is 6.04 Å². The SMILES string of the molecule is CC(C)N1CCN(C(C)(C)C)C2=C1C=CCC2. The average molecular weight is 234 g/mol. The fourth-order valence-corrected chi connectivity index (χ4v) is 2.91. The minimum atomic E-state index is 0.245. The van der Waals surface area contributed by atoms with Crippen LogP contribution in [0.15, 0.2) is 23.5 Å². The van der Waals surface area contributed by atoms with Gasteiger partial charge in [-0.05, 0) is 53.5 Å². The van der Waals surface area contributed by atoms with Gasteiger partial charge in [0.2, 0.25) is 0 Å². The lowest BCUT2D eigenvalue weighted by Crippen LogP contribution is -2.51. The number of allylic oxidation sites excluding steroid dienone is 3. The topological polar surface area (TPSA) is 6.48 Å². The van der Waals surface area contributed by atoms with E-state index in [1.54, 1.807) is 5.70 Å². The Morgan fingerprint density at radius 2 is 1.88 bits per heavy atom. The molecule has 96 valence electrons. The van der Waals surface area contributed by atoms with Crippen LogP contribution in [-0.2, 0) is 0 Å². The third-order valence-electron chi connectivity index (χ3n) is 3.75. The molecule has 0 unspecified atom stereocenters. The zero-order valence-electron chi connectivity index (χ0n) is 12.0. The van der Waals surface area contributed by atoms with Gasteiger partial charge in [-0.25, -0.2) is 0 Å². The zero-order valence-corrected chi connectivity index (χ0v) is 12.0. The summed E-state index contributed by atoms with van der Waals surface area (Å²) in [6.07, 6.45) is 7.04. The van der Waals surface area contributed by atoms with Crippen molar-refractivity contribution >= 4 is 0 Å². The highest BCUT2D eigenvalue weighted by molar-refractivity contribution is 5.31. The summed E-state index contributed by atoms with van der Waals surface area (Å²) in [4.78, 5) is 5.15. The number of hydrogen-bond acceptors (Lipinski definition) is 2. The van der Waals surface area contributed by atoms with Crippen molar-refractivity contribution in [3.63, 3.8) is 0 Å². The first kappa shape index (κ1) is 12.5. The third kappa shape index (κ3) is 2.36. The van der Waals surface area contributed by atoms with Crippen molar-refractivity contribution in [3.8, 4) is 0 Å². The molecule has 0 atom stereocenters. The second-order valence-corrected chi connectivity index (χ2v) is 6.38. The van der Waals surface area contributed by atoms with Crippen LogP contribution in [0.1, 0.15) is 47.5 Å². The number of hydrogen-bond donors (Lipinski definition) is 0. The molecule has 2 aliphatic rings. The lowest BCUT2D eigenvalue weighted by Gasteiger charge is -2.48. The maximum absolute atomic E-state index is 2.60. The molecule has 1 heterocycles. The van der Waals surface area contributed by atoms with E-state index in [1.165, 1.54) is 18.5 Å². The van der Waals surface area contributed by atoms with Crippen molar-refractivity contribution in [2.75, 3.05) is 13.1 Å². The van der Waals surface area contributed by atoms with E-state index in [2.05, 4.69) is 56.6 Å². The van der Waals surface area contributed by atoms with Gasteiger partial charge in [0, 0.05) is 30.4 Å². The number of rotatable bonds is 1. The lowest BCUT2D eigenvalue weighted by atomic mass is 9.96. The fraction of sp³-hybridized carbons (Fsp3) is 0.733. The van der Waals surface area contributed by atoms with Gasteiger partial charge in [0.05, 0.1) is 5.70 Å². The van der Waals surface area contributed by atoms with E-state index >= 15 is 0 Å². The molecule has 2 rings (SSSR count). The summed E-state index contributed by atoms with van der Waals surface area (Å²) in [6.45, 7) is 13.9. The van der Waals surface area contributed by atoms with Gasteiger partial charge in [0.15, 0.2) is 0 Å². The predicted octanol–water partition coefficient (Wildman–Crippen LogP) is 3.37. The molecule has 0 amide bonds. The van der Waals surface area contributed by atoms with Crippen LogP contribution in [0.5, 0.6) is 0 Å². The molecule has 0 fully saturated rings. The third-order valence-corrected chi connectivity index (χ3v) is 3.75. The maximum atomic E-state index is 2.60. The molecule has 17 heavy (non-hydrogen) atoms. The minimum absolute atomic E-state index is 0.245. The van der Waals surface area contributed by atoms with E-state index in [1.807, 2.05) is 0 Å². The van der Waals surface area contributed by atoms with Gasteiger partial charge in [-0.2, -0.15) is 0 Å². The molecule has 1 aliphatic carbocycles. The van der Waals surface area contributed by atoms with Gasteiger partial charge in [0.25, 0.3) is 0 Å². The molecule has 0 N–H and O–H groups in total. The summed E-state index contributed by atoms with van der Waals surface area (Å²) >= 11 is 0. The highest BCUT2D eigenvalue weighted by Gasteiger charge is 2.32. The normalized spacial score (nSPS) is 21.3. The lowest BCUT2D eigenvalue weighted by molar-refractivity contribution is 0.117. The molecule has 1 aliphatic heterocycles. The van der Waals surface area contributed by atoms with E-state index in [-0.39, 0.29) is 5.54 Å². The van der Waals surface area contributed by atoms with Crippen LogP contribution >= 0.6 is 0 Å². The Kier molecular flexibility index (Phi) is 3.24. The van der Waals surface area contributed by atoms with Crippen molar-refractivity contribution in [1.29, 1.82) is 0 Å². The van der Waals surface area contributed by atoms with Crippen LogP contribution in [0.25, 0.3) is 0 Å². The fourth-order valence-electron chi connectivity index (χ4n) is 2.91. The predicted molar refractivity (Wildman–Crippen MR) is 73.7 cm³/mol. The van der Waals surface area contributed by atoms with E-state index < -0.39 is 0 Å². The van der Waals surface area contributed by atoms with Crippen LogP contribution in [0.2, 0.25) is 0 Å². The van der Waals surface area contributed by atoms with Crippen LogP contribution in [-0.4, -0.2) is 34.5 Å². The minimum Gasteiger partial charge on any atom is -0.367 e. The summed E-state index contributed by atoms with van der Waals surface area (Å²) in [5.41, 5.74) is 3.27. The maximum Gasteiger partial charge on any atom is 0.0561 e. The smallest absolute Gasteiger partial charge is 0.0561 e. The summed E-state index contributed by atoms with van der Waals surface area (Å²) in [7, 11) is 0. The summed E-state index contributed by atoms with van der Waals surface area (Å²) in [5, 5.41) is 0. The van der Waals surface area contributed by atoms with Crippen molar-refractivity contribution in [1.82, 2.24) is 9.80 Å². The average Bonchev–Trinajstić information content (AvgIpc) is 2.26. The van der Waals surface area contributed by atoms with Gasteiger partial charge in [-0.15, -0.1) is 0 Å². The van der Waals surface area contributed by atoms with Crippen LogP contribution in [0.4, 0.5) is 0 Å². The molecule has 0 bridgehead atoms. The Hall–Kier alpha value is -0.920. The Bertz CT molecular complexity index is 344. The van der Waals surface area contributed by atoms with Gasteiger partial charge >= 0.3 is 0 Å². The molecule has 0 aromatic heterocycles. The number of nitrogens with zero attached hydrogens (tertiary/aromatic N) is 2. The molecule has 0 saturated heterocycles. The second kappa shape index (κ2) is 4.40. The summed E-state index contributed by atoms with van der Waals surface area (Å²) in [6, 6.07) is 0.602. The summed E-state index contributed by atoms with van der Waals surface area (Å²) in [5.74, 6) is 0. The monoisotopic (exact) mass is 234 g/mol. The molecular weight excluding hydrogens is 208 g/mol. The van der Waals surface area contributed by atoms with Crippen LogP contribution in [0, 0.1) is 0 Å². The van der Waals surface area contributed by atoms with Gasteiger partial charge in [0.1, 0.15) is 0 Å². The van der Waals surface area contributed by atoms with Crippen molar-refractivity contribution in [3.05, 3.63) is 23.5 Å². The standard InChI is InChI=1S/C15H26N2/c1-12(2)16-10-11-17(15(3,4)5)14-9-7-6-8-13(14)16/h6,8,12H,7,9-11H2,1-5H3. The molecule has 2 heteroatoms. The van der Waals surface area contributed by atoms with Crippen LogP contribution < -0.4 is 0 Å². The first-order valence-electron chi connectivity index (χ1n) is 6.85. The Morgan fingerprint density at radius 1 is 1.18 bits per heavy atom. The van der Waals surface area contributed by atoms with E-state index in [9.17, 15) is 0 Å². The van der Waals surface area contributed by atoms with E-state index in [0.717, 1.165) is 13.1 Å². The second-order valence-electron chi connectivity index (χ2n) is 6.38. The van der Waals surface area contributed by atoms with Gasteiger partial charge in [-0.3, -0.25) is 0 Å². The quantitative estimate of drug-likeness (QED) is 0.686. The molecule has 0 radical (unpaired) electrons. The molecule has 0 aromatic rings. The highest BCUT2D eigenvalue weighted by Crippen LogP contribution is 2.34. The molecule has 0 aromatic carbocycles. The first-order chi connectivity index (χ1) is 7.91. The van der Waals surface area contributed by atoms with Gasteiger partial charge < -0.3 is 9.80 Å². The highest BCUT2D eigenvalue weighted by atomic mass is 15.3. The molecule has 2 nitrogen and oxygen atoms in total. The van der Waals surface area contributed by atoms with Crippen LogP contribution in [0.3, 0.4) is 0 Å². The largest absolute Gasteiger partial charge is 0.367 e.